The predicted molar refractivity (Wildman–Crippen MR) is 79.5 cm³/mol. The zero-order valence-electron chi connectivity index (χ0n) is 11.9. The molecule has 6 nitrogen and oxygen atoms in total. The number of carbonyl (C=O) groups is 1. The molecule has 0 fully saturated rings. The van der Waals surface area contributed by atoms with E-state index in [9.17, 15) is 9.90 Å². The molecule has 0 aliphatic carbocycles. The number of nitrogens with two attached hydrogens (primary N) is 2. The van der Waals surface area contributed by atoms with Gasteiger partial charge in [0.05, 0.1) is 6.04 Å². The highest BCUT2D eigenvalue weighted by Gasteiger charge is 2.13. The zero-order chi connectivity index (χ0) is 15.0. The highest BCUT2D eigenvalue weighted by atomic mass is 16.3. The molecule has 0 saturated heterocycles. The van der Waals surface area contributed by atoms with Crippen molar-refractivity contribution in [2.45, 2.75) is 19.4 Å². The number of amides is 1. The van der Waals surface area contributed by atoms with Crippen molar-refractivity contribution < 1.29 is 9.90 Å². The molecule has 0 spiro atoms. The second kappa shape index (κ2) is 8.52. The quantitative estimate of drug-likeness (QED) is 0.402. The lowest BCUT2D eigenvalue weighted by atomic mass is 10.0. The van der Waals surface area contributed by atoms with Gasteiger partial charge in [-0.05, 0) is 30.5 Å². The molecule has 20 heavy (non-hydrogen) atoms. The lowest BCUT2D eigenvalue weighted by molar-refractivity contribution is -0.122. The molecule has 1 unspecified atom stereocenters. The van der Waals surface area contributed by atoms with Crippen molar-refractivity contribution in [3.63, 3.8) is 0 Å². The topological polar surface area (TPSA) is 113 Å². The molecule has 112 valence electrons. The summed E-state index contributed by atoms with van der Waals surface area (Å²) in [5.74, 6) is 0.0284. The van der Waals surface area contributed by atoms with E-state index in [0.29, 0.717) is 26.1 Å². The Balaban J connectivity index is 2.35. The first kappa shape index (κ1) is 16.4. The number of hydrogen-bond acceptors (Lipinski definition) is 5. The van der Waals surface area contributed by atoms with Crippen LogP contribution < -0.4 is 22.1 Å². The van der Waals surface area contributed by atoms with E-state index in [1.165, 1.54) is 0 Å². The summed E-state index contributed by atoms with van der Waals surface area (Å²) < 4.78 is 0. The van der Waals surface area contributed by atoms with E-state index in [2.05, 4.69) is 10.6 Å². The van der Waals surface area contributed by atoms with Crippen LogP contribution in [0.5, 0.6) is 5.75 Å². The smallest absolute Gasteiger partial charge is 0.237 e. The van der Waals surface area contributed by atoms with Crippen LogP contribution in [0.1, 0.15) is 11.1 Å². The molecule has 0 aliphatic rings. The fourth-order valence-electron chi connectivity index (χ4n) is 1.76. The normalized spacial score (nSPS) is 12.2. The average molecular weight is 280 g/mol. The van der Waals surface area contributed by atoms with Crippen molar-refractivity contribution in [3.8, 4) is 5.75 Å². The highest BCUT2D eigenvalue weighted by Crippen LogP contribution is 2.18. The summed E-state index contributed by atoms with van der Waals surface area (Å²) >= 11 is 0. The summed E-state index contributed by atoms with van der Waals surface area (Å²) in [6.45, 7) is 4.31. The van der Waals surface area contributed by atoms with Gasteiger partial charge in [0.25, 0.3) is 0 Å². The Labute approximate surface area is 119 Å². The molecule has 1 aromatic carbocycles. The maximum atomic E-state index is 11.8. The Kier molecular flexibility index (Phi) is 7.00. The first-order valence-electron chi connectivity index (χ1n) is 6.77. The van der Waals surface area contributed by atoms with E-state index in [1.807, 2.05) is 19.1 Å². The first-order chi connectivity index (χ1) is 9.54. The largest absolute Gasteiger partial charge is 0.508 e. The van der Waals surface area contributed by atoms with E-state index in [-0.39, 0.29) is 11.7 Å². The standard InChI is InChI=1S/C14H24N4O2/c1-10-2-3-11(9-13(10)19)8-12(16)14(20)18-7-6-17-5-4-15/h2-3,9,12,17,19H,4-8,15-16H2,1H3,(H,18,20). The van der Waals surface area contributed by atoms with Gasteiger partial charge < -0.3 is 27.2 Å². The van der Waals surface area contributed by atoms with Crippen LogP contribution in [-0.4, -0.2) is 43.2 Å². The van der Waals surface area contributed by atoms with Crippen LogP contribution in [0.15, 0.2) is 18.2 Å². The van der Waals surface area contributed by atoms with E-state index in [1.54, 1.807) is 6.07 Å². The Hall–Kier alpha value is -1.63. The Morgan fingerprint density at radius 2 is 2.10 bits per heavy atom. The number of nitrogens with one attached hydrogen (secondary N) is 2. The molecule has 0 aliphatic heterocycles. The third-order valence-corrected chi connectivity index (χ3v) is 2.99. The molecule has 1 aromatic rings. The molecule has 0 bridgehead atoms. The van der Waals surface area contributed by atoms with Crippen molar-refractivity contribution in [2.24, 2.45) is 11.5 Å². The van der Waals surface area contributed by atoms with Gasteiger partial charge in [-0.3, -0.25) is 4.79 Å². The van der Waals surface area contributed by atoms with Crippen molar-refractivity contribution >= 4 is 5.91 Å². The number of phenols is 1. The van der Waals surface area contributed by atoms with E-state index in [4.69, 9.17) is 11.5 Å². The van der Waals surface area contributed by atoms with E-state index < -0.39 is 6.04 Å². The predicted octanol–water partition coefficient (Wildman–Crippen LogP) is -0.765. The Morgan fingerprint density at radius 3 is 2.75 bits per heavy atom. The van der Waals surface area contributed by atoms with Gasteiger partial charge in [-0.2, -0.15) is 0 Å². The highest BCUT2D eigenvalue weighted by molar-refractivity contribution is 5.81. The average Bonchev–Trinajstić information content (AvgIpc) is 2.42. The number of phenolic OH excluding ortho intramolecular Hbond substituents is 1. The van der Waals surface area contributed by atoms with Crippen LogP contribution in [-0.2, 0) is 11.2 Å². The van der Waals surface area contributed by atoms with Crippen molar-refractivity contribution in [1.29, 1.82) is 0 Å². The molecule has 6 heteroatoms. The maximum Gasteiger partial charge on any atom is 0.237 e. The second-order valence-electron chi connectivity index (χ2n) is 4.76. The molecule has 1 atom stereocenters. The Morgan fingerprint density at radius 1 is 1.35 bits per heavy atom. The minimum absolute atomic E-state index is 0.195. The molecular formula is C14H24N4O2. The summed E-state index contributed by atoms with van der Waals surface area (Å²) in [6.07, 6.45) is 0.399. The van der Waals surface area contributed by atoms with Gasteiger partial charge in [-0.25, -0.2) is 0 Å². The van der Waals surface area contributed by atoms with Gasteiger partial charge >= 0.3 is 0 Å². The number of aromatic hydroxyl groups is 1. The molecule has 0 radical (unpaired) electrons. The molecule has 7 N–H and O–H groups in total. The fraction of sp³-hybridized carbons (Fsp3) is 0.500. The number of carbonyl (C=O) groups excluding carboxylic acids is 1. The first-order valence-corrected chi connectivity index (χ1v) is 6.77. The van der Waals surface area contributed by atoms with E-state index >= 15 is 0 Å². The van der Waals surface area contributed by atoms with Crippen LogP contribution in [0, 0.1) is 6.92 Å². The molecule has 0 saturated carbocycles. The molecule has 1 amide bonds. The summed E-state index contributed by atoms with van der Waals surface area (Å²) in [5, 5.41) is 15.5. The number of hydrogen-bond donors (Lipinski definition) is 5. The maximum absolute atomic E-state index is 11.8. The number of benzene rings is 1. The van der Waals surface area contributed by atoms with Gasteiger partial charge in [0.2, 0.25) is 5.91 Å². The van der Waals surface area contributed by atoms with Gasteiger partial charge in [-0.1, -0.05) is 12.1 Å². The van der Waals surface area contributed by atoms with Crippen molar-refractivity contribution in [3.05, 3.63) is 29.3 Å². The minimum Gasteiger partial charge on any atom is -0.508 e. The fourth-order valence-corrected chi connectivity index (χ4v) is 1.76. The third-order valence-electron chi connectivity index (χ3n) is 2.99. The van der Waals surface area contributed by atoms with E-state index in [0.717, 1.165) is 17.7 Å². The van der Waals surface area contributed by atoms with Gasteiger partial charge in [0, 0.05) is 26.2 Å². The third kappa shape index (κ3) is 5.56. The van der Waals surface area contributed by atoms with Gasteiger partial charge in [-0.15, -0.1) is 0 Å². The van der Waals surface area contributed by atoms with Crippen LogP contribution in [0.4, 0.5) is 0 Å². The van der Waals surface area contributed by atoms with Gasteiger partial charge in [0.1, 0.15) is 5.75 Å². The number of aryl methyl sites for hydroxylation is 1. The van der Waals surface area contributed by atoms with Crippen LogP contribution in [0.25, 0.3) is 0 Å². The van der Waals surface area contributed by atoms with Crippen molar-refractivity contribution in [1.82, 2.24) is 10.6 Å². The Bertz CT molecular complexity index is 437. The summed E-state index contributed by atoms with van der Waals surface area (Å²) in [5.41, 5.74) is 12.8. The molecule has 1 rings (SSSR count). The molecule has 0 heterocycles. The summed E-state index contributed by atoms with van der Waals surface area (Å²) in [4.78, 5) is 11.8. The minimum atomic E-state index is -0.619. The van der Waals surface area contributed by atoms with Crippen LogP contribution in [0.3, 0.4) is 0 Å². The second-order valence-corrected chi connectivity index (χ2v) is 4.76. The summed E-state index contributed by atoms with van der Waals surface area (Å²) in [7, 11) is 0. The van der Waals surface area contributed by atoms with Gasteiger partial charge in [0.15, 0.2) is 0 Å². The van der Waals surface area contributed by atoms with Crippen LogP contribution >= 0.6 is 0 Å². The monoisotopic (exact) mass is 280 g/mol. The zero-order valence-corrected chi connectivity index (χ0v) is 11.9. The number of rotatable bonds is 8. The lowest BCUT2D eigenvalue weighted by Crippen LogP contribution is -2.44. The SMILES string of the molecule is Cc1ccc(CC(N)C(=O)NCCNCCN)cc1O. The summed E-state index contributed by atoms with van der Waals surface area (Å²) in [6, 6.07) is 4.70. The molecule has 0 aromatic heterocycles. The van der Waals surface area contributed by atoms with Crippen LogP contribution in [0.2, 0.25) is 0 Å². The molecular weight excluding hydrogens is 256 g/mol. The lowest BCUT2D eigenvalue weighted by Gasteiger charge is -2.13. The van der Waals surface area contributed by atoms with Crippen molar-refractivity contribution in [2.75, 3.05) is 26.2 Å².